The van der Waals surface area contributed by atoms with Crippen LogP contribution in [0.3, 0.4) is 0 Å². The highest BCUT2D eigenvalue weighted by Crippen LogP contribution is 2.47. The van der Waals surface area contributed by atoms with E-state index < -0.39 is 12.4 Å². The highest BCUT2D eigenvalue weighted by atomic mass is 19.3. The van der Waals surface area contributed by atoms with Crippen molar-refractivity contribution in [3.63, 3.8) is 0 Å². The molecule has 1 aliphatic heterocycles. The summed E-state index contributed by atoms with van der Waals surface area (Å²) >= 11 is 0. The standard InChI is InChI=1S/C21H20F2N4O5/c1-12(24)11-29-16-7-6-13(10-14(16)15-8-9-25-27(15)2)26-20(28)30-17-4-3-5-18-19(17)32-21(22,23)31-18/h3-10,12H,11,24H2,1-2H3,(H,26,28)/t12-/m1/s1. The van der Waals surface area contributed by atoms with E-state index in [-0.39, 0.29) is 23.3 Å². The molecule has 4 rings (SSSR count). The first-order chi connectivity index (χ1) is 15.2. The molecule has 1 atom stereocenters. The van der Waals surface area contributed by atoms with Crippen LogP contribution in [-0.2, 0) is 7.05 Å². The normalized spacial score (nSPS) is 14.7. The molecule has 0 saturated carbocycles. The van der Waals surface area contributed by atoms with E-state index in [0.717, 1.165) is 5.69 Å². The molecule has 2 heterocycles. The summed E-state index contributed by atoms with van der Waals surface area (Å²) in [5.74, 6) is -0.239. The summed E-state index contributed by atoms with van der Waals surface area (Å²) in [6.07, 6.45) is -3.10. The Kier molecular flexibility index (Phi) is 5.57. The van der Waals surface area contributed by atoms with Gasteiger partial charge in [0, 0.05) is 30.5 Å². The average Bonchev–Trinajstić information content (AvgIpc) is 3.28. The SMILES string of the molecule is C[C@@H](N)COc1ccc(NC(=O)Oc2cccc3c2OC(F)(F)O3)cc1-c1ccnn1C. The van der Waals surface area contributed by atoms with Crippen LogP contribution in [0, 0.1) is 0 Å². The van der Waals surface area contributed by atoms with Gasteiger partial charge in [0.25, 0.3) is 0 Å². The molecule has 3 aromatic rings. The summed E-state index contributed by atoms with van der Waals surface area (Å²) in [7, 11) is 1.77. The van der Waals surface area contributed by atoms with Gasteiger partial charge in [-0.1, -0.05) is 6.07 Å². The molecule has 32 heavy (non-hydrogen) atoms. The molecular weight excluding hydrogens is 426 g/mol. The summed E-state index contributed by atoms with van der Waals surface area (Å²) in [5.41, 5.74) is 7.58. The Labute approximate surface area is 181 Å². The zero-order chi connectivity index (χ0) is 22.9. The Morgan fingerprint density at radius 3 is 2.78 bits per heavy atom. The lowest BCUT2D eigenvalue weighted by molar-refractivity contribution is -0.287. The third-order valence-electron chi connectivity index (χ3n) is 4.42. The maximum absolute atomic E-state index is 13.3. The minimum absolute atomic E-state index is 0.173. The monoisotopic (exact) mass is 446 g/mol. The molecule has 2 aromatic carbocycles. The van der Waals surface area contributed by atoms with E-state index >= 15 is 0 Å². The Morgan fingerprint density at radius 1 is 1.25 bits per heavy atom. The topological polar surface area (TPSA) is 110 Å². The quantitative estimate of drug-likeness (QED) is 0.594. The molecule has 0 radical (unpaired) electrons. The van der Waals surface area contributed by atoms with Gasteiger partial charge < -0.3 is 24.7 Å². The Morgan fingerprint density at radius 2 is 2.06 bits per heavy atom. The molecule has 0 unspecified atom stereocenters. The lowest BCUT2D eigenvalue weighted by Gasteiger charge is -2.15. The number of carbonyl (C=O) groups excluding carboxylic acids is 1. The number of fused-ring (bicyclic) bond motifs is 1. The highest BCUT2D eigenvalue weighted by Gasteiger charge is 2.45. The van der Waals surface area contributed by atoms with E-state index in [4.69, 9.17) is 15.2 Å². The van der Waals surface area contributed by atoms with Crippen LogP contribution in [0.15, 0.2) is 48.7 Å². The molecule has 1 amide bonds. The number of para-hydroxylation sites is 1. The second kappa shape index (κ2) is 8.35. The van der Waals surface area contributed by atoms with Crippen LogP contribution in [0.1, 0.15) is 6.92 Å². The van der Waals surface area contributed by atoms with Gasteiger partial charge in [-0.15, -0.1) is 8.78 Å². The predicted molar refractivity (Wildman–Crippen MR) is 110 cm³/mol. The fourth-order valence-corrected chi connectivity index (χ4v) is 3.06. The first-order valence-electron chi connectivity index (χ1n) is 9.60. The zero-order valence-electron chi connectivity index (χ0n) is 17.2. The number of hydrogen-bond donors (Lipinski definition) is 2. The lowest BCUT2D eigenvalue weighted by Crippen LogP contribution is -2.26. The molecule has 0 saturated heterocycles. The number of nitrogens with zero attached hydrogens (tertiary/aromatic N) is 2. The minimum Gasteiger partial charge on any atom is -0.491 e. The largest absolute Gasteiger partial charge is 0.586 e. The number of benzene rings is 2. The van der Waals surface area contributed by atoms with Gasteiger partial charge in [-0.25, -0.2) is 4.79 Å². The predicted octanol–water partition coefficient (Wildman–Crippen LogP) is 3.75. The molecular formula is C21H20F2N4O5. The number of nitrogens with one attached hydrogen (secondary N) is 1. The number of anilines is 1. The van der Waals surface area contributed by atoms with Gasteiger partial charge in [0.05, 0.1) is 5.69 Å². The van der Waals surface area contributed by atoms with E-state index in [1.54, 1.807) is 42.2 Å². The molecule has 0 aliphatic carbocycles. The van der Waals surface area contributed by atoms with Crippen LogP contribution in [-0.4, -0.2) is 34.8 Å². The lowest BCUT2D eigenvalue weighted by atomic mass is 10.1. The van der Waals surface area contributed by atoms with E-state index in [2.05, 4.69) is 19.9 Å². The van der Waals surface area contributed by atoms with Crippen molar-refractivity contribution in [2.45, 2.75) is 19.3 Å². The molecule has 1 aromatic heterocycles. The first-order valence-corrected chi connectivity index (χ1v) is 9.60. The van der Waals surface area contributed by atoms with Crippen molar-refractivity contribution in [1.29, 1.82) is 0 Å². The summed E-state index contributed by atoms with van der Waals surface area (Å²) in [4.78, 5) is 12.4. The Balaban J connectivity index is 1.54. The van der Waals surface area contributed by atoms with Crippen molar-refractivity contribution >= 4 is 11.8 Å². The van der Waals surface area contributed by atoms with Crippen LogP contribution >= 0.6 is 0 Å². The van der Waals surface area contributed by atoms with Gasteiger partial charge in [-0.05, 0) is 43.3 Å². The molecule has 0 fully saturated rings. The van der Waals surface area contributed by atoms with Crippen molar-refractivity contribution in [3.05, 3.63) is 48.7 Å². The second-order valence-electron chi connectivity index (χ2n) is 7.10. The smallest absolute Gasteiger partial charge is 0.491 e. The molecule has 0 spiro atoms. The highest BCUT2D eigenvalue weighted by molar-refractivity contribution is 5.88. The molecule has 3 N–H and O–H groups in total. The average molecular weight is 446 g/mol. The first kappa shape index (κ1) is 21.4. The van der Waals surface area contributed by atoms with Gasteiger partial charge >= 0.3 is 12.4 Å². The Hall–Kier alpha value is -3.86. The fraction of sp³-hybridized carbons (Fsp3) is 0.238. The zero-order valence-corrected chi connectivity index (χ0v) is 17.2. The number of halogens is 2. The summed E-state index contributed by atoms with van der Waals surface area (Å²) in [6.45, 7) is 2.12. The van der Waals surface area contributed by atoms with E-state index in [0.29, 0.717) is 23.6 Å². The maximum atomic E-state index is 13.3. The maximum Gasteiger partial charge on any atom is 0.586 e. The number of hydrogen-bond acceptors (Lipinski definition) is 7. The summed E-state index contributed by atoms with van der Waals surface area (Å²) < 4.78 is 48.1. The van der Waals surface area contributed by atoms with Gasteiger partial charge in [0.2, 0.25) is 5.75 Å². The Bertz CT molecular complexity index is 1150. The third-order valence-corrected chi connectivity index (χ3v) is 4.42. The van der Waals surface area contributed by atoms with Crippen molar-refractivity contribution in [2.24, 2.45) is 12.8 Å². The number of alkyl halides is 2. The third kappa shape index (κ3) is 4.57. The number of amides is 1. The molecule has 0 bridgehead atoms. The van der Waals surface area contributed by atoms with Crippen molar-refractivity contribution < 1.29 is 32.5 Å². The van der Waals surface area contributed by atoms with Gasteiger partial charge in [-0.2, -0.15) is 5.10 Å². The van der Waals surface area contributed by atoms with E-state index in [1.165, 1.54) is 18.2 Å². The van der Waals surface area contributed by atoms with Crippen LogP contribution < -0.4 is 30.0 Å². The summed E-state index contributed by atoms with van der Waals surface area (Å²) in [5, 5.41) is 6.72. The van der Waals surface area contributed by atoms with Crippen LogP contribution in [0.4, 0.5) is 19.3 Å². The number of rotatable bonds is 6. The molecule has 1 aliphatic rings. The number of nitrogens with two attached hydrogens (primary N) is 1. The van der Waals surface area contributed by atoms with Crippen molar-refractivity contribution in [2.75, 3.05) is 11.9 Å². The van der Waals surface area contributed by atoms with Crippen LogP contribution in [0.2, 0.25) is 0 Å². The second-order valence-corrected chi connectivity index (χ2v) is 7.10. The van der Waals surface area contributed by atoms with Gasteiger partial charge in [0.15, 0.2) is 11.5 Å². The van der Waals surface area contributed by atoms with Crippen LogP contribution in [0.5, 0.6) is 23.0 Å². The number of aryl methyl sites for hydroxylation is 1. The number of aromatic nitrogens is 2. The van der Waals surface area contributed by atoms with E-state index in [9.17, 15) is 13.6 Å². The van der Waals surface area contributed by atoms with Crippen molar-refractivity contribution in [1.82, 2.24) is 9.78 Å². The minimum atomic E-state index is -3.83. The summed E-state index contributed by atoms with van der Waals surface area (Å²) in [6, 6.07) is 10.6. The molecule has 9 nitrogen and oxygen atoms in total. The van der Waals surface area contributed by atoms with Crippen LogP contribution in [0.25, 0.3) is 11.3 Å². The van der Waals surface area contributed by atoms with Gasteiger partial charge in [-0.3, -0.25) is 10.00 Å². The molecule has 168 valence electrons. The molecule has 11 heteroatoms. The fourth-order valence-electron chi connectivity index (χ4n) is 3.06. The van der Waals surface area contributed by atoms with E-state index in [1.807, 2.05) is 6.92 Å². The van der Waals surface area contributed by atoms with Crippen molar-refractivity contribution in [3.8, 4) is 34.3 Å². The number of ether oxygens (including phenoxy) is 4. The van der Waals surface area contributed by atoms with Gasteiger partial charge in [0.1, 0.15) is 12.4 Å². The number of carbonyl (C=O) groups is 1.